The van der Waals surface area contributed by atoms with Crippen molar-refractivity contribution in [2.45, 2.75) is 33.2 Å². The number of amides is 1. The highest BCUT2D eigenvalue weighted by atomic mass is 16.5. The van der Waals surface area contributed by atoms with E-state index in [2.05, 4.69) is 27.1 Å². The molecule has 2 heterocycles. The lowest BCUT2D eigenvalue weighted by Gasteiger charge is -2.30. The second-order valence-electron chi connectivity index (χ2n) is 7.21. The molecule has 0 atom stereocenters. The Morgan fingerprint density at radius 3 is 2.57 bits per heavy atom. The van der Waals surface area contributed by atoms with Gasteiger partial charge in [-0.05, 0) is 43.4 Å². The number of nitrogens with one attached hydrogen (secondary N) is 1. The molecule has 1 saturated heterocycles. The molecule has 1 N–H and O–H groups in total. The van der Waals surface area contributed by atoms with Crippen molar-refractivity contribution in [3.05, 3.63) is 41.2 Å². The summed E-state index contributed by atoms with van der Waals surface area (Å²) in [7, 11) is 3.18. The summed E-state index contributed by atoms with van der Waals surface area (Å²) in [6.45, 7) is 6.43. The summed E-state index contributed by atoms with van der Waals surface area (Å²) < 4.78 is 10.5. The number of piperidine rings is 1. The van der Waals surface area contributed by atoms with Crippen molar-refractivity contribution in [3.8, 4) is 11.5 Å². The zero-order valence-electron chi connectivity index (χ0n) is 17.0. The molecule has 1 aliphatic rings. The fraction of sp³-hybridized carbons (Fsp3) is 0.476. The van der Waals surface area contributed by atoms with E-state index in [4.69, 9.17) is 9.47 Å². The van der Waals surface area contributed by atoms with E-state index in [0.717, 1.165) is 37.4 Å². The standard InChI is InChI=1S/C21H28N4O3/c1-14-7-9-25(10-8-14)21-23-13-17(15(2)24-21)20(26)22-12-16-5-6-18(27-3)19(11-16)28-4/h5-6,11,13-14H,7-10,12H2,1-4H3,(H,22,26). The molecule has 0 saturated carbocycles. The predicted molar refractivity (Wildman–Crippen MR) is 108 cm³/mol. The first-order valence-electron chi connectivity index (χ1n) is 9.59. The van der Waals surface area contributed by atoms with Crippen LogP contribution < -0.4 is 19.7 Å². The summed E-state index contributed by atoms with van der Waals surface area (Å²) in [6.07, 6.45) is 3.92. The lowest BCUT2D eigenvalue weighted by Crippen LogP contribution is -2.34. The molecule has 0 bridgehead atoms. The first kappa shape index (κ1) is 19.9. The minimum absolute atomic E-state index is 0.189. The van der Waals surface area contributed by atoms with E-state index in [9.17, 15) is 4.79 Å². The number of carbonyl (C=O) groups is 1. The molecule has 0 aliphatic carbocycles. The minimum atomic E-state index is -0.189. The Bertz CT molecular complexity index is 832. The molecular weight excluding hydrogens is 356 g/mol. The Hall–Kier alpha value is -2.83. The maximum atomic E-state index is 12.6. The molecule has 1 aromatic heterocycles. The number of ether oxygens (including phenoxy) is 2. The van der Waals surface area contributed by atoms with Gasteiger partial charge in [0.05, 0.1) is 25.5 Å². The summed E-state index contributed by atoms with van der Waals surface area (Å²) in [5, 5.41) is 2.92. The molecular formula is C21H28N4O3. The Labute approximate surface area is 166 Å². The van der Waals surface area contributed by atoms with E-state index in [1.807, 2.05) is 25.1 Å². The molecule has 1 aliphatic heterocycles. The first-order valence-corrected chi connectivity index (χ1v) is 9.59. The molecule has 3 rings (SSSR count). The molecule has 28 heavy (non-hydrogen) atoms. The van der Waals surface area contributed by atoms with Crippen molar-refractivity contribution in [3.63, 3.8) is 0 Å². The van der Waals surface area contributed by atoms with Gasteiger partial charge in [0.25, 0.3) is 5.91 Å². The van der Waals surface area contributed by atoms with Gasteiger partial charge in [0.1, 0.15) is 0 Å². The third-order valence-corrected chi connectivity index (χ3v) is 5.18. The highest BCUT2D eigenvalue weighted by Crippen LogP contribution is 2.27. The van der Waals surface area contributed by atoms with Gasteiger partial charge in [0, 0.05) is 25.8 Å². The normalized spacial score (nSPS) is 14.6. The van der Waals surface area contributed by atoms with Gasteiger partial charge in [-0.15, -0.1) is 0 Å². The van der Waals surface area contributed by atoms with Crippen LogP contribution in [0, 0.1) is 12.8 Å². The van der Waals surface area contributed by atoms with Gasteiger partial charge in [0.15, 0.2) is 11.5 Å². The van der Waals surface area contributed by atoms with E-state index >= 15 is 0 Å². The van der Waals surface area contributed by atoms with Crippen LogP contribution in [0.15, 0.2) is 24.4 Å². The highest BCUT2D eigenvalue weighted by molar-refractivity contribution is 5.94. The molecule has 1 fully saturated rings. The van der Waals surface area contributed by atoms with Gasteiger partial charge in [-0.3, -0.25) is 4.79 Å². The van der Waals surface area contributed by atoms with Crippen LogP contribution in [0.25, 0.3) is 0 Å². The number of hydrogen-bond acceptors (Lipinski definition) is 6. The molecule has 7 nitrogen and oxygen atoms in total. The second-order valence-corrected chi connectivity index (χ2v) is 7.21. The summed E-state index contributed by atoms with van der Waals surface area (Å²) >= 11 is 0. The molecule has 1 aromatic carbocycles. The van der Waals surface area contributed by atoms with E-state index in [-0.39, 0.29) is 5.91 Å². The van der Waals surface area contributed by atoms with Crippen LogP contribution in [0.3, 0.4) is 0 Å². The number of aryl methyl sites for hydroxylation is 1. The van der Waals surface area contributed by atoms with Crippen LogP contribution in [0.5, 0.6) is 11.5 Å². The number of anilines is 1. The Balaban J connectivity index is 1.64. The fourth-order valence-corrected chi connectivity index (χ4v) is 3.31. The van der Waals surface area contributed by atoms with Crippen LogP contribution in [0.2, 0.25) is 0 Å². The van der Waals surface area contributed by atoms with E-state index < -0.39 is 0 Å². The highest BCUT2D eigenvalue weighted by Gasteiger charge is 2.20. The molecule has 150 valence electrons. The van der Waals surface area contributed by atoms with E-state index in [1.54, 1.807) is 20.4 Å². The van der Waals surface area contributed by atoms with Crippen molar-refractivity contribution >= 4 is 11.9 Å². The van der Waals surface area contributed by atoms with Crippen LogP contribution in [0.1, 0.15) is 41.4 Å². The number of rotatable bonds is 6. The van der Waals surface area contributed by atoms with Crippen LogP contribution in [-0.2, 0) is 6.54 Å². The number of hydrogen-bond donors (Lipinski definition) is 1. The van der Waals surface area contributed by atoms with Gasteiger partial charge in [-0.25, -0.2) is 9.97 Å². The van der Waals surface area contributed by atoms with E-state index in [1.165, 1.54) is 0 Å². The summed E-state index contributed by atoms with van der Waals surface area (Å²) in [5.74, 6) is 2.56. The molecule has 0 spiro atoms. The Morgan fingerprint density at radius 2 is 1.93 bits per heavy atom. The Kier molecular flexibility index (Phi) is 6.34. The summed E-state index contributed by atoms with van der Waals surface area (Å²) in [6, 6.07) is 5.57. The van der Waals surface area contributed by atoms with Crippen LogP contribution >= 0.6 is 0 Å². The number of benzene rings is 1. The Morgan fingerprint density at radius 1 is 1.21 bits per heavy atom. The van der Waals surface area contributed by atoms with Gasteiger partial charge in [0.2, 0.25) is 5.95 Å². The van der Waals surface area contributed by atoms with Crippen molar-refractivity contribution in [2.75, 3.05) is 32.2 Å². The molecule has 0 radical (unpaired) electrons. The molecule has 2 aromatic rings. The maximum Gasteiger partial charge on any atom is 0.254 e. The monoisotopic (exact) mass is 384 g/mol. The fourth-order valence-electron chi connectivity index (χ4n) is 3.31. The third kappa shape index (κ3) is 4.52. The minimum Gasteiger partial charge on any atom is -0.493 e. The lowest BCUT2D eigenvalue weighted by molar-refractivity contribution is 0.0949. The van der Waals surface area contributed by atoms with Crippen molar-refractivity contribution in [2.24, 2.45) is 5.92 Å². The van der Waals surface area contributed by atoms with Gasteiger partial charge in [-0.2, -0.15) is 0 Å². The van der Waals surface area contributed by atoms with Crippen molar-refractivity contribution in [1.82, 2.24) is 15.3 Å². The SMILES string of the molecule is COc1ccc(CNC(=O)c2cnc(N3CCC(C)CC3)nc2C)cc1OC. The zero-order chi connectivity index (χ0) is 20.1. The average Bonchev–Trinajstić information content (AvgIpc) is 2.72. The number of nitrogens with zero attached hydrogens (tertiary/aromatic N) is 3. The average molecular weight is 384 g/mol. The number of aromatic nitrogens is 2. The van der Waals surface area contributed by atoms with Crippen molar-refractivity contribution < 1.29 is 14.3 Å². The summed E-state index contributed by atoms with van der Waals surface area (Å²) in [5.41, 5.74) is 2.10. The predicted octanol–water partition coefficient (Wildman–Crippen LogP) is 2.97. The van der Waals surface area contributed by atoms with Gasteiger partial charge < -0.3 is 19.7 Å². The molecule has 0 unspecified atom stereocenters. The summed E-state index contributed by atoms with van der Waals surface area (Å²) in [4.78, 5) is 23.8. The smallest absolute Gasteiger partial charge is 0.254 e. The molecule has 1 amide bonds. The lowest BCUT2D eigenvalue weighted by atomic mass is 10.00. The van der Waals surface area contributed by atoms with Crippen molar-refractivity contribution in [1.29, 1.82) is 0 Å². The number of methoxy groups -OCH3 is 2. The van der Waals surface area contributed by atoms with Gasteiger partial charge >= 0.3 is 0 Å². The second kappa shape index (κ2) is 8.91. The maximum absolute atomic E-state index is 12.6. The topological polar surface area (TPSA) is 76.6 Å². The first-order chi connectivity index (χ1) is 13.5. The third-order valence-electron chi connectivity index (χ3n) is 5.18. The number of carbonyl (C=O) groups excluding carboxylic acids is 1. The zero-order valence-corrected chi connectivity index (χ0v) is 17.0. The quantitative estimate of drug-likeness (QED) is 0.825. The molecule has 7 heteroatoms. The van der Waals surface area contributed by atoms with Crippen LogP contribution in [0.4, 0.5) is 5.95 Å². The van der Waals surface area contributed by atoms with Gasteiger partial charge in [-0.1, -0.05) is 13.0 Å². The largest absolute Gasteiger partial charge is 0.493 e. The van der Waals surface area contributed by atoms with E-state index in [0.29, 0.717) is 35.2 Å². The van der Waals surface area contributed by atoms with Crippen LogP contribution in [-0.4, -0.2) is 43.2 Å².